The van der Waals surface area contributed by atoms with Crippen LogP contribution in [0, 0.1) is 0 Å². The fourth-order valence-electron chi connectivity index (χ4n) is 0.742. The molecule has 0 saturated carbocycles. The molecule has 0 fully saturated rings. The number of nitrogens with zero attached hydrogens (tertiary/aromatic N) is 1. The van der Waals surface area contributed by atoms with Crippen LogP contribution in [0.1, 0.15) is 20.3 Å². The van der Waals surface area contributed by atoms with Gasteiger partial charge in [-0.3, -0.25) is 9.59 Å². The van der Waals surface area contributed by atoms with Gasteiger partial charge in [0, 0.05) is 6.54 Å². The molecule has 3 nitrogen and oxygen atoms in total. The van der Waals surface area contributed by atoms with Crippen molar-refractivity contribution in [3.63, 3.8) is 0 Å². The van der Waals surface area contributed by atoms with Crippen molar-refractivity contribution in [3.05, 3.63) is 0 Å². The van der Waals surface area contributed by atoms with Crippen molar-refractivity contribution < 1.29 is 9.59 Å². The number of carbonyl (C=O) groups excluding carboxylic acids is 2. The zero-order valence-corrected chi connectivity index (χ0v) is 6.46. The summed E-state index contributed by atoms with van der Waals surface area (Å²) in [6, 6.07) is 0. The Bertz CT molecular complexity index is 123. The largest absolute Gasteiger partial charge is 0.338 e. The third-order valence-electron chi connectivity index (χ3n) is 1.09. The van der Waals surface area contributed by atoms with Gasteiger partial charge >= 0.3 is 0 Å². The smallest absolute Gasteiger partial charge is 0.210 e. The first kappa shape index (κ1) is 9.14. The van der Waals surface area contributed by atoms with Crippen LogP contribution < -0.4 is 0 Å². The minimum atomic E-state index is 0.0283. The molecule has 0 aromatic rings. The Morgan fingerprint density at radius 2 is 2.20 bits per heavy atom. The van der Waals surface area contributed by atoms with Gasteiger partial charge in [-0.1, -0.05) is 6.92 Å². The second-order valence-corrected chi connectivity index (χ2v) is 2.28. The van der Waals surface area contributed by atoms with Gasteiger partial charge in [0.1, 0.15) is 5.78 Å². The molecule has 0 bridgehead atoms. The second-order valence-electron chi connectivity index (χ2n) is 2.28. The molecule has 58 valence electrons. The van der Waals surface area contributed by atoms with Gasteiger partial charge in [0.15, 0.2) is 0 Å². The Labute approximate surface area is 61.0 Å². The molecule has 0 radical (unpaired) electrons. The highest BCUT2D eigenvalue weighted by atomic mass is 16.1. The van der Waals surface area contributed by atoms with Crippen molar-refractivity contribution in [3.8, 4) is 0 Å². The molecule has 0 atom stereocenters. The molecule has 0 saturated heterocycles. The highest BCUT2D eigenvalue weighted by Gasteiger charge is 2.01. The molecule has 10 heavy (non-hydrogen) atoms. The number of hydrogen-bond donors (Lipinski definition) is 0. The number of carbonyl (C=O) groups is 2. The molecule has 0 heterocycles. The van der Waals surface area contributed by atoms with E-state index < -0.39 is 0 Å². The van der Waals surface area contributed by atoms with Crippen LogP contribution in [0.25, 0.3) is 0 Å². The highest BCUT2D eigenvalue weighted by molar-refractivity contribution is 5.79. The van der Waals surface area contributed by atoms with Crippen molar-refractivity contribution in [2.24, 2.45) is 0 Å². The van der Waals surface area contributed by atoms with E-state index in [-0.39, 0.29) is 12.3 Å². The Kier molecular flexibility index (Phi) is 4.54. The van der Waals surface area contributed by atoms with Gasteiger partial charge in [-0.25, -0.2) is 0 Å². The van der Waals surface area contributed by atoms with Crippen molar-refractivity contribution in [2.45, 2.75) is 20.3 Å². The maximum absolute atomic E-state index is 10.5. The highest BCUT2D eigenvalue weighted by Crippen LogP contribution is 1.86. The molecular formula is C7H13NO2. The maximum Gasteiger partial charge on any atom is 0.210 e. The third kappa shape index (κ3) is 4.06. The average Bonchev–Trinajstić information content (AvgIpc) is 1.86. The van der Waals surface area contributed by atoms with Crippen LogP contribution in [0.4, 0.5) is 0 Å². The van der Waals surface area contributed by atoms with Gasteiger partial charge in [0.2, 0.25) is 6.41 Å². The van der Waals surface area contributed by atoms with Crippen molar-refractivity contribution >= 4 is 12.2 Å². The Balaban J connectivity index is 3.59. The van der Waals surface area contributed by atoms with Crippen LogP contribution >= 0.6 is 0 Å². The predicted molar refractivity (Wildman–Crippen MR) is 38.6 cm³/mol. The lowest BCUT2D eigenvalue weighted by atomic mass is 10.4. The lowest BCUT2D eigenvalue weighted by molar-refractivity contribution is -0.125. The van der Waals surface area contributed by atoms with E-state index in [0.29, 0.717) is 13.0 Å². The average molecular weight is 143 g/mol. The Morgan fingerprint density at radius 3 is 2.50 bits per heavy atom. The molecule has 0 N–H and O–H groups in total. The monoisotopic (exact) mass is 143 g/mol. The molecule has 0 unspecified atom stereocenters. The van der Waals surface area contributed by atoms with Crippen LogP contribution in [-0.4, -0.2) is 30.2 Å². The third-order valence-corrected chi connectivity index (χ3v) is 1.09. The van der Waals surface area contributed by atoms with Crippen molar-refractivity contribution in [1.82, 2.24) is 4.90 Å². The summed E-state index contributed by atoms with van der Waals surface area (Å²) in [5.41, 5.74) is 0. The van der Waals surface area contributed by atoms with Gasteiger partial charge < -0.3 is 4.90 Å². The van der Waals surface area contributed by atoms with E-state index in [9.17, 15) is 9.59 Å². The minimum absolute atomic E-state index is 0.0283. The summed E-state index contributed by atoms with van der Waals surface area (Å²) in [6.07, 6.45) is 1.61. The van der Waals surface area contributed by atoms with Gasteiger partial charge in [0.25, 0.3) is 0 Å². The van der Waals surface area contributed by atoms with Crippen molar-refractivity contribution in [1.29, 1.82) is 0 Å². The fraction of sp³-hybridized carbons (Fsp3) is 0.714. The maximum atomic E-state index is 10.5. The van der Waals surface area contributed by atoms with Gasteiger partial charge in [0.05, 0.1) is 6.54 Å². The Morgan fingerprint density at radius 1 is 1.60 bits per heavy atom. The number of Topliss-reactive ketones (excluding diaryl/α,β-unsaturated/α-hetero) is 1. The predicted octanol–water partition coefficient (Wildman–Crippen LogP) is 0.444. The summed E-state index contributed by atoms with van der Waals surface area (Å²) in [5, 5.41) is 0. The van der Waals surface area contributed by atoms with Crippen LogP contribution in [0.3, 0.4) is 0 Å². The number of amides is 1. The first-order chi connectivity index (χ1) is 4.70. The van der Waals surface area contributed by atoms with E-state index in [2.05, 4.69) is 0 Å². The molecule has 0 spiro atoms. The minimum Gasteiger partial charge on any atom is -0.338 e. The van der Waals surface area contributed by atoms with Crippen LogP contribution in [-0.2, 0) is 9.59 Å². The van der Waals surface area contributed by atoms with Gasteiger partial charge in [-0.2, -0.15) is 0 Å². The lowest BCUT2D eigenvalue weighted by Gasteiger charge is -2.12. The number of hydrogen-bond acceptors (Lipinski definition) is 2. The molecule has 1 amide bonds. The summed E-state index contributed by atoms with van der Waals surface area (Å²) < 4.78 is 0. The summed E-state index contributed by atoms with van der Waals surface area (Å²) in [4.78, 5) is 22.2. The zero-order valence-electron chi connectivity index (χ0n) is 6.46. The molecule has 0 aromatic heterocycles. The van der Waals surface area contributed by atoms with E-state index in [1.54, 1.807) is 0 Å². The van der Waals surface area contributed by atoms with E-state index in [1.807, 2.05) is 6.92 Å². The summed E-state index contributed by atoms with van der Waals surface area (Å²) in [7, 11) is 0. The van der Waals surface area contributed by atoms with E-state index in [1.165, 1.54) is 11.8 Å². The fourth-order valence-corrected chi connectivity index (χ4v) is 0.742. The van der Waals surface area contributed by atoms with E-state index in [4.69, 9.17) is 0 Å². The van der Waals surface area contributed by atoms with Crippen LogP contribution in [0.15, 0.2) is 0 Å². The molecule has 3 heteroatoms. The van der Waals surface area contributed by atoms with E-state index >= 15 is 0 Å². The molecule has 0 aromatic carbocycles. The van der Waals surface area contributed by atoms with Crippen LogP contribution in [0.5, 0.6) is 0 Å². The van der Waals surface area contributed by atoms with E-state index in [0.717, 1.165) is 6.42 Å². The zero-order chi connectivity index (χ0) is 7.98. The number of ketones is 1. The Hall–Kier alpha value is -0.860. The summed E-state index contributed by atoms with van der Waals surface area (Å²) in [6.45, 7) is 4.36. The summed E-state index contributed by atoms with van der Waals surface area (Å²) >= 11 is 0. The second kappa shape index (κ2) is 4.97. The lowest BCUT2D eigenvalue weighted by Crippen LogP contribution is -2.27. The van der Waals surface area contributed by atoms with Crippen LogP contribution in [0.2, 0.25) is 0 Å². The van der Waals surface area contributed by atoms with Crippen molar-refractivity contribution in [2.75, 3.05) is 13.1 Å². The van der Waals surface area contributed by atoms with Gasteiger partial charge in [-0.15, -0.1) is 0 Å². The molecule has 0 aliphatic rings. The first-order valence-electron chi connectivity index (χ1n) is 3.39. The molecule has 0 rings (SSSR count). The molecule has 0 aliphatic carbocycles. The standard InChI is InChI=1S/C7H13NO2/c1-3-4-8(6-9)5-7(2)10/h6H,3-5H2,1-2H3. The molecular weight excluding hydrogens is 130 g/mol. The topological polar surface area (TPSA) is 37.4 Å². The molecule has 0 aliphatic heterocycles. The SMILES string of the molecule is CCCN(C=O)CC(C)=O. The van der Waals surface area contributed by atoms with Gasteiger partial charge in [-0.05, 0) is 13.3 Å². The number of rotatable bonds is 5. The normalized spacial score (nSPS) is 9.00. The summed E-state index contributed by atoms with van der Waals surface area (Å²) in [5.74, 6) is 0.0283. The first-order valence-corrected chi connectivity index (χ1v) is 3.39. The quantitative estimate of drug-likeness (QED) is 0.524.